The van der Waals surface area contributed by atoms with E-state index in [9.17, 15) is 24.0 Å². The minimum atomic E-state index is -1.65. The summed E-state index contributed by atoms with van der Waals surface area (Å²) in [7, 11) is 1.39. The summed E-state index contributed by atoms with van der Waals surface area (Å²) in [4.78, 5) is 64.3. The molecule has 0 saturated carbocycles. The van der Waals surface area contributed by atoms with Crippen LogP contribution in [0.2, 0.25) is 0 Å². The van der Waals surface area contributed by atoms with Crippen LogP contribution in [0.3, 0.4) is 0 Å². The molecule has 10 nitrogen and oxygen atoms in total. The number of nitrogens with one attached hydrogen (secondary N) is 2. The van der Waals surface area contributed by atoms with E-state index in [1.165, 1.54) is 31.1 Å². The van der Waals surface area contributed by atoms with Gasteiger partial charge in [-0.3, -0.25) is 19.2 Å². The maximum absolute atomic E-state index is 13.1. The normalized spacial score (nSPS) is 14.2. The number of amides is 5. The Morgan fingerprint density at radius 1 is 1.03 bits per heavy atom. The molecule has 0 aliphatic carbocycles. The Hall–Kier alpha value is -4.21. The van der Waals surface area contributed by atoms with Gasteiger partial charge in [-0.15, -0.1) is 0 Å². The van der Waals surface area contributed by atoms with Gasteiger partial charge in [-0.05, 0) is 30.7 Å². The summed E-state index contributed by atoms with van der Waals surface area (Å²) in [5.41, 5.74) is 1.37. The number of Topliss-reactive ketones (excluding diaryl/α,β-unsaturated/α-hetero) is 1. The van der Waals surface area contributed by atoms with Gasteiger partial charge >= 0.3 is 6.03 Å². The Morgan fingerprint density at radius 2 is 1.73 bits per heavy atom. The Balaban J connectivity index is 1.83. The van der Waals surface area contributed by atoms with Crippen molar-refractivity contribution in [2.24, 2.45) is 0 Å². The van der Waals surface area contributed by atoms with Gasteiger partial charge in [0.25, 0.3) is 11.8 Å². The lowest BCUT2D eigenvalue weighted by atomic mass is 10.1. The van der Waals surface area contributed by atoms with Crippen LogP contribution in [-0.4, -0.2) is 59.0 Å². The summed E-state index contributed by atoms with van der Waals surface area (Å²) in [6, 6.07) is 11.2. The second-order valence-corrected chi connectivity index (χ2v) is 7.49. The Bertz CT molecular complexity index is 1100. The second-order valence-electron chi connectivity index (χ2n) is 7.49. The molecular weight excluding hydrogens is 428 g/mol. The van der Waals surface area contributed by atoms with Gasteiger partial charge in [0.05, 0.1) is 12.8 Å². The van der Waals surface area contributed by atoms with E-state index in [0.29, 0.717) is 10.6 Å². The number of carbonyl (C=O) groups is 5. The lowest BCUT2D eigenvalue weighted by Gasteiger charge is -2.24. The van der Waals surface area contributed by atoms with E-state index in [0.717, 1.165) is 12.5 Å². The van der Waals surface area contributed by atoms with Crippen LogP contribution in [-0.2, 0) is 25.7 Å². The minimum Gasteiger partial charge on any atom is -0.495 e. The molecule has 33 heavy (non-hydrogen) atoms. The van der Waals surface area contributed by atoms with Crippen molar-refractivity contribution in [3.05, 3.63) is 54.1 Å². The molecule has 3 rings (SSSR count). The first-order chi connectivity index (χ1) is 15.7. The number of anilines is 2. The van der Waals surface area contributed by atoms with Gasteiger partial charge in [0.2, 0.25) is 5.91 Å². The number of methoxy groups -OCH3 is 1. The number of urea groups is 1. The van der Waals surface area contributed by atoms with Crippen LogP contribution in [0.1, 0.15) is 19.4 Å². The minimum absolute atomic E-state index is 0.167. The number of hydrogen-bond donors (Lipinski definition) is 2. The largest absolute Gasteiger partial charge is 0.495 e. The third-order valence-corrected chi connectivity index (χ3v) is 4.96. The maximum atomic E-state index is 13.1. The first-order valence-corrected chi connectivity index (χ1v) is 10.1. The number of ketones is 1. The average Bonchev–Trinajstić information content (AvgIpc) is 3.02. The van der Waals surface area contributed by atoms with Crippen LogP contribution >= 0.6 is 0 Å². The van der Waals surface area contributed by atoms with E-state index in [2.05, 4.69) is 10.6 Å². The number of rotatable bonds is 8. The van der Waals surface area contributed by atoms with Crippen molar-refractivity contribution >= 4 is 40.9 Å². The van der Waals surface area contributed by atoms with Crippen LogP contribution in [0.5, 0.6) is 5.75 Å². The fraction of sp³-hybridized carbons (Fsp3) is 0.261. The molecule has 1 heterocycles. The van der Waals surface area contributed by atoms with E-state index in [4.69, 9.17) is 4.74 Å². The van der Waals surface area contributed by atoms with E-state index >= 15 is 0 Å². The Kier molecular flexibility index (Phi) is 7.07. The highest BCUT2D eigenvalue weighted by Gasteiger charge is 2.45. The molecular formula is C23H24N4O6. The SMILES string of the molecule is COc1ccc(NC(C)=O)cc1NC(=O)C(C(C)=O)N1C(=O)CN(Cc2ccccc2)C1=O. The van der Waals surface area contributed by atoms with Crippen LogP contribution < -0.4 is 15.4 Å². The van der Waals surface area contributed by atoms with Gasteiger partial charge < -0.3 is 20.3 Å². The zero-order chi connectivity index (χ0) is 24.1. The summed E-state index contributed by atoms with van der Waals surface area (Å²) in [5.74, 6) is -2.24. The molecule has 10 heteroatoms. The molecule has 0 aromatic heterocycles. The van der Waals surface area contributed by atoms with E-state index in [-0.39, 0.29) is 30.4 Å². The zero-order valence-electron chi connectivity index (χ0n) is 18.5. The maximum Gasteiger partial charge on any atom is 0.328 e. The van der Waals surface area contributed by atoms with Crippen molar-refractivity contribution in [1.29, 1.82) is 0 Å². The standard InChI is InChI=1S/C23H24N4O6/c1-14(28)21(22(31)25-18-11-17(24-15(2)29)9-10-19(18)33-3)27-20(30)13-26(23(27)32)12-16-7-5-4-6-8-16/h4-11,21H,12-13H2,1-3H3,(H,24,29)(H,25,31). The molecule has 1 saturated heterocycles. The highest BCUT2D eigenvalue weighted by Crippen LogP contribution is 2.29. The van der Waals surface area contributed by atoms with Crippen molar-refractivity contribution in [3.8, 4) is 5.75 Å². The van der Waals surface area contributed by atoms with Crippen LogP contribution in [0, 0.1) is 0 Å². The number of ether oxygens (including phenoxy) is 1. The summed E-state index contributed by atoms with van der Waals surface area (Å²) >= 11 is 0. The predicted molar refractivity (Wildman–Crippen MR) is 119 cm³/mol. The number of carbonyl (C=O) groups excluding carboxylic acids is 5. The van der Waals surface area contributed by atoms with Crippen molar-refractivity contribution in [1.82, 2.24) is 9.80 Å². The lowest BCUT2D eigenvalue weighted by molar-refractivity contribution is -0.138. The van der Waals surface area contributed by atoms with Gasteiger partial charge in [-0.1, -0.05) is 30.3 Å². The zero-order valence-corrected chi connectivity index (χ0v) is 18.5. The Morgan fingerprint density at radius 3 is 2.33 bits per heavy atom. The second kappa shape index (κ2) is 9.94. The number of hydrogen-bond acceptors (Lipinski definition) is 6. The Labute approximate surface area is 190 Å². The highest BCUT2D eigenvalue weighted by molar-refractivity contribution is 6.17. The van der Waals surface area contributed by atoms with Crippen molar-refractivity contribution in [3.63, 3.8) is 0 Å². The van der Waals surface area contributed by atoms with E-state index in [1.807, 2.05) is 30.3 Å². The average molecular weight is 452 g/mol. The molecule has 0 radical (unpaired) electrons. The molecule has 5 amide bonds. The van der Waals surface area contributed by atoms with Gasteiger partial charge in [-0.2, -0.15) is 0 Å². The number of imide groups is 1. The van der Waals surface area contributed by atoms with Gasteiger partial charge in [0.15, 0.2) is 11.8 Å². The summed E-state index contributed by atoms with van der Waals surface area (Å²) in [6.07, 6.45) is 0. The molecule has 1 aliphatic heterocycles. The lowest BCUT2D eigenvalue weighted by Crippen LogP contribution is -2.51. The molecule has 2 N–H and O–H groups in total. The highest BCUT2D eigenvalue weighted by atomic mass is 16.5. The smallest absolute Gasteiger partial charge is 0.328 e. The summed E-state index contributed by atoms with van der Waals surface area (Å²) < 4.78 is 5.23. The number of benzene rings is 2. The fourth-order valence-corrected chi connectivity index (χ4v) is 3.52. The molecule has 1 aliphatic rings. The van der Waals surface area contributed by atoms with Crippen molar-refractivity contribution in [2.75, 3.05) is 24.3 Å². The first kappa shape index (κ1) is 23.5. The van der Waals surface area contributed by atoms with Crippen LogP contribution in [0.15, 0.2) is 48.5 Å². The molecule has 1 fully saturated rings. The molecule has 172 valence electrons. The third-order valence-electron chi connectivity index (χ3n) is 4.96. The topological polar surface area (TPSA) is 125 Å². The van der Waals surface area contributed by atoms with Gasteiger partial charge in [0, 0.05) is 19.2 Å². The summed E-state index contributed by atoms with van der Waals surface area (Å²) in [5, 5.41) is 5.12. The van der Waals surface area contributed by atoms with Gasteiger partial charge in [0.1, 0.15) is 12.3 Å². The molecule has 0 bridgehead atoms. The molecule has 2 aromatic rings. The molecule has 1 atom stereocenters. The van der Waals surface area contributed by atoms with Gasteiger partial charge in [-0.25, -0.2) is 9.69 Å². The monoisotopic (exact) mass is 452 g/mol. The molecule has 0 spiro atoms. The van der Waals surface area contributed by atoms with Crippen LogP contribution in [0.25, 0.3) is 0 Å². The van der Waals surface area contributed by atoms with Crippen LogP contribution in [0.4, 0.5) is 16.2 Å². The number of nitrogens with zero attached hydrogens (tertiary/aromatic N) is 2. The quantitative estimate of drug-likeness (QED) is 0.466. The van der Waals surface area contributed by atoms with Crippen molar-refractivity contribution in [2.45, 2.75) is 26.4 Å². The predicted octanol–water partition coefficient (Wildman–Crippen LogP) is 2.01. The fourth-order valence-electron chi connectivity index (χ4n) is 3.52. The van der Waals surface area contributed by atoms with E-state index in [1.54, 1.807) is 6.07 Å². The first-order valence-electron chi connectivity index (χ1n) is 10.1. The summed E-state index contributed by atoms with van der Waals surface area (Å²) in [6.45, 7) is 2.39. The molecule has 2 aromatic carbocycles. The van der Waals surface area contributed by atoms with Crippen molar-refractivity contribution < 1.29 is 28.7 Å². The third kappa shape index (κ3) is 5.35. The van der Waals surface area contributed by atoms with E-state index < -0.39 is 29.7 Å². The molecule has 1 unspecified atom stereocenters.